The van der Waals surface area contributed by atoms with Crippen LogP contribution in [-0.4, -0.2) is 83.7 Å². The molecule has 1 fully saturated rings. The van der Waals surface area contributed by atoms with Gasteiger partial charge >= 0.3 is 0 Å². The third-order valence-electron chi connectivity index (χ3n) is 7.92. The summed E-state index contributed by atoms with van der Waals surface area (Å²) >= 11 is 0. The summed E-state index contributed by atoms with van der Waals surface area (Å²) < 4.78 is 5.62. The maximum absolute atomic E-state index is 13.3. The number of amides is 2. The SMILES string of the molecule is CN1CCC(N2C(=O)c3cc4c(cc3C2=O)NC(=C2C(=O)CC=CC2=NCC(O)COc2ccccc2)C4)CC1. The highest BCUT2D eigenvalue weighted by atomic mass is 16.5. The van der Waals surface area contributed by atoms with E-state index in [0.717, 1.165) is 37.2 Å². The number of nitrogens with one attached hydrogen (secondary N) is 1. The molecule has 2 amide bonds. The number of imide groups is 1. The number of allylic oxidation sites excluding steroid dienone is 4. The number of piperidine rings is 1. The van der Waals surface area contributed by atoms with Gasteiger partial charge in [0.2, 0.25) is 0 Å². The zero-order valence-electron chi connectivity index (χ0n) is 22.4. The van der Waals surface area contributed by atoms with Gasteiger partial charge in [0.1, 0.15) is 18.5 Å². The van der Waals surface area contributed by atoms with E-state index >= 15 is 0 Å². The summed E-state index contributed by atoms with van der Waals surface area (Å²) in [5.41, 5.74) is 4.09. The van der Waals surface area contributed by atoms with E-state index in [1.54, 1.807) is 24.3 Å². The molecule has 40 heavy (non-hydrogen) atoms. The van der Waals surface area contributed by atoms with Gasteiger partial charge in [-0.2, -0.15) is 0 Å². The van der Waals surface area contributed by atoms with E-state index in [-0.39, 0.29) is 43.2 Å². The van der Waals surface area contributed by atoms with Crippen molar-refractivity contribution in [3.63, 3.8) is 0 Å². The summed E-state index contributed by atoms with van der Waals surface area (Å²) in [5.74, 6) is 0.116. The molecule has 1 atom stereocenters. The smallest absolute Gasteiger partial charge is 0.261 e. The molecule has 1 saturated heterocycles. The zero-order chi connectivity index (χ0) is 27.8. The summed E-state index contributed by atoms with van der Waals surface area (Å²) in [7, 11) is 2.05. The maximum atomic E-state index is 13.3. The number of anilines is 1. The van der Waals surface area contributed by atoms with Crippen molar-refractivity contribution < 1.29 is 24.2 Å². The van der Waals surface area contributed by atoms with E-state index < -0.39 is 6.10 Å². The lowest BCUT2D eigenvalue weighted by Gasteiger charge is -2.33. The molecule has 0 saturated carbocycles. The molecule has 3 heterocycles. The number of aliphatic hydroxyl groups excluding tert-OH is 1. The Morgan fingerprint density at radius 2 is 1.80 bits per heavy atom. The Hall–Kier alpha value is -4.08. The fraction of sp³-hybridized carbons (Fsp3) is 0.355. The zero-order valence-corrected chi connectivity index (χ0v) is 22.4. The summed E-state index contributed by atoms with van der Waals surface area (Å²) in [6, 6.07) is 12.7. The van der Waals surface area contributed by atoms with Crippen LogP contribution in [0.1, 0.15) is 45.5 Å². The Morgan fingerprint density at radius 1 is 1.07 bits per heavy atom. The van der Waals surface area contributed by atoms with Gasteiger partial charge in [0.15, 0.2) is 5.78 Å². The molecule has 1 aliphatic carbocycles. The number of carbonyl (C=O) groups excluding carboxylic acids is 3. The summed E-state index contributed by atoms with van der Waals surface area (Å²) in [6.45, 7) is 1.87. The van der Waals surface area contributed by atoms with Gasteiger partial charge in [-0.25, -0.2) is 0 Å². The predicted molar refractivity (Wildman–Crippen MR) is 151 cm³/mol. The van der Waals surface area contributed by atoms with Crippen LogP contribution in [0.5, 0.6) is 5.75 Å². The standard InChI is InChI=1S/C31H32N4O5/c1-34-12-10-20(11-13-34)35-30(38)23-14-19-15-27(33-26(19)16-24(23)31(35)39)29-25(8-5-9-28(29)37)32-17-21(36)18-40-22-6-3-2-4-7-22/h2-8,14,16,20-21,33,36H,9-13,15,17-18H2,1H3. The van der Waals surface area contributed by atoms with Crippen LogP contribution in [0.25, 0.3) is 0 Å². The largest absolute Gasteiger partial charge is 0.491 e. The first kappa shape index (κ1) is 26.2. The van der Waals surface area contributed by atoms with E-state index in [4.69, 9.17) is 4.74 Å². The van der Waals surface area contributed by atoms with Crippen molar-refractivity contribution in [1.29, 1.82) is 0 Å². The summed E-state index contributed by atoms with van der Waals surface area (Å²) in [6.07, 6.45) is 4.96. The molecule has 2 aromatic rings. The highest BCUT2D eigenvalue weighted by Crippen LogP contribution is 2.37. The van der Waals surface area contributed by atoms with Crippen LogP contribution in [-0.2, 0) is 11.2 Å². The number of rotatable bonds is 6. The minimum atomic E-state index is -0.842. The number of hydrogen-bond acceptors (Lipinski definition) is 8. The second kappa shape index (κ2) is 10.8. The number of Topliss-reactive ketones (excluding diaryl/α,β-unsaturated/α-hetero) is 1. The van der Waals surface area contributed by atoms with Crippen molar-refractivity contribution in [3.8, 4) is 5.75 Å². The van der Waals surface area contributed by atoms with Crippen molar-refractivity contribution >= 4 is 29.0 Å². The quantitative estimate of drug-likeness (QED) is 0.428. The van der Waals surface area contributed by atoms with Gasteiger partial charge in [-0.1, -0.05) is 24.3 Å². The molecule has 9 heteroatoms. The Labute approximate surface area is 232 Å². The van der Waals surface area contributed by atoms with Crippen molar-refractivity contribution in [1.82, 2.24) is 9.80 Å². The van der Waals surface area contributed by atoms with E-state index in [1.165, 1.54) is 4.90 Å². The molecule has 0 radical (unpaired) electrons. The average Bonchev–Trinajstić information content (AvgIpc) is 3.48. The van der Waals surface area contributed by atoms with Crippen molar-refractivity contribution in [2.45, 2.75) is 37.8 Å². The fourth-order valence-electron chi connectivity index (χ4n) is 5.77. The van der Waals surface area contributed by atoms with Gasteiger partial charge in [0.05, 0.1) is 29.0 Å². The third-order valence-corrected chi connectivity index (χ3v) is 7.92. The monoisotopic (exact) mass is 540 g/mol. The van der Waals surface area contributed by atoms with Gasteiger partial charge in [-0.3, -0.25) is 24.3 Å². The lowest BCUT2D eigenvalue weighted by Crippen LogP contribution is -2.46. The molecule has 6 rings (SSSR count). The minimum Gasteiger partial charge on any atom is -0.491 e. The average molecular weight is 541 g/mol. The van der Waals surface area contributed by atoms with Crippen molar-refractivity contribution in [3.05, 3.63) is 82.6 Å². The predicted octanol–water partition coefficient (Wildman–Crippen LogP) is 3.01. The molecule has 0 bridgehead atoms. The van der Waals surface area contributed by atoms with Crippen LogP contribution in [0.2, 0.25) is 0 Å². The normalized spacial score (nSPS) is 23.0. The molecular weight excluding hydrogens is 508 g/mol. The number of aliphatic hydroxyl groups is 1. The summed E-state index contributed by atoms with van der Waals surface area (Å²) in [4.78, 5) is 47.8. The highest BCUT2D eigenvalue weighted by Gasteiger charge is 2.42. The van der Waals surface area contributed by atoms with Gasteiger partial charge in [-0.05, 0) is 68.9 Å². The maximum Gasteiger partial charge on any atom is 0.261 e. The number of benzene rings is 2. The van der Waals surface area contributed by atoms with Gasteiger partial charge < -0.3 is 20.1 Å². The van der Waals surface area contributed by atoms with E-state index in [1.807, 2.05) is 37.4 Å². The van der Waals surface area contributed by atoms with Crippen LogP contribution >= 0.6 is 0 Å². The first-order chi connectivity index (χ1) is 19.4. The van der Waals surface area contributed by atoms with E-state index in [2.05, 4.69) is 15.2 Å². The lowest BCUT2D eigenvalue weighted by molar-refractivity contribution is -0.114. The Kier molecular flexibility index (Phi) is 7.08. The van der Waals surface area contributed by atoms with Crippen LogP contribution in [0.4, 0.5) is 5.69 Å². The first-order valence-electron chi connectivity index (χ1n) is 13.7. The number of para-hydroxylation sites is 1. The van der Waals surface area contributed by atoms with E-state index in [9.17, 15) is 19.5 Å². The molecular formula is C31H32N4O5. The fourth-order valence-corrected chi connectivity index (χ4v) is 5.77. The van der Waals surface area contributed by atoms with Gasteiger partial charge in [-0.15, -0.1) is 0 Å². The molecule has 0 spiro atoms. The molecule has 2 N–H and O–H groups in total. The molecule has 4 aliphatic rings. The number of likely N-dealkylation sites (tertiary alicyclic amines) is 1. The number of nitrogens with zero attached hydrogens (tertiary/aromatic N) is 3. The van der Waals surface area contributed by atoms with Gasteiger partial charge in [0, 0.05) is 30.3 Å². The second-order valence-corrected chi connectivity index (χ2v) is 10.8. The van der Waals surface area contributed by atoms with E-state index in [0.29, 0.717) is 40.3 Å². The second-order valence-electron chi connectivity index (χ2n) is 10.8. The van der Waals surface area contributed by atoms with Crippen LogP contribution in [0.3, 0.4) is 0 Å². The van der Waals surface area contributed by atoms with Crippen LogP contribution < -0.4 is 10.1 Å². The first-order valence-corrected chi connectivity index (χ1v) is 13.7. The van der Waals surface area contributed by atoms with Crippen LogP contribution in [0.15, 0.2) is 70.9 Å². The molecule has 206 valence electrons. The molecule has 2 aromatic carbocycles. The topological polar surface area (TPSA) is 112 Å². The number of ketones is 1. The molecule has 1 unspecified atom stereocenters. The Morgan fingerprint density at radius 3 is 2.55 bits per heavy atom. The minimum absolute atomic E-state index is 0.0697. The highest BCUT2D eigenvalue weighted by molar-refractivity contribution is 6.29. The third kappa shape index (κ3) is 4.98. The Bertz CT molecular complexity index is 1410. The number of carbonyl (C=O) groups is 3. The van der Waals surface area contributed by atoms with Crippen molar-refractivity contribution in [2.75, 3.05) is 38.6 Å². The molecule has 9 nitrogen and oxygen atoms in total. The van der Waals surface area contributed by atoms with Gasteiger partial charge in [0.25, 0.3) is 11.8 Å². The number of ether oxygens (including phenoxy) is 1. The number of aliphatic imine (C=N–C) groups is 1. The van der Waals surface area contributed by atoms with Crippen LogP contribution in [0, 0.1) is 0 Å². The Balaban J connectivity index is 1.20. The summed E-state index contributed by atoms with van der Waals surface area (Å²) in [5, 5.41) is 13.8. The molecule has 3 aliphatic heterocycles. The molecule has 0 aromatic heterocycles. The number of hydrogen-bond donors (Lipinski definition) is 2. The van der Waals surface area contributed by atoms with Crippen molar-refractivity contribution in [2.24, 2.45) is 4.99 Å². The lowest BCUT2D eigenvalue weighted by atomic mass is 9.94. The number of fused-ring (bicyclic) bond motifs is 2.